The molecule has 1 aromatic carbocycles. The number of nitrogens with one attached hydrogen (secondary N) is 1. The first-order valence-electron chi connectivity index (χ1n) is 6.10. The lowest BCUT2D eigenvalue weighted by atomic mass is 10.1. The Bertz CT molecular complexity index is 468. The average molecular weight is 303 g/mol. The summed E-state index contributed by atoms with van der Waals surface area (Å²) in [6.07, 6.45) is -0.149. The highest BCUT2D eigenvalue weighted by Crippen LogP contribution is 2.28. The van der Waals surface area contributed by atoms with E-state index >= 15 is 0 Å². The Hall–Kier alpha value is -0.810. The molecule has 1 aliphatic rings. The minimum absolute atomic E-state index is 0.0795. The van der Waals surface area contributed by atoms with Crippen LogP contribution in [0, 0.1) is 0 Å². The fraction of sp³-hybridized carbons (Fsp3) is 0.462. The Morgan fingerprint density at radius 1 is 1.47 bits per heavy atom. The number of amides is 1. The molecule has 0 radical (unpaired) electrons. The van der Waals surface area contributed by atoms with Gasteiger partial charge in [0.05, 0.1) is 29.7 Å². The van der Waals surface area contributed by atoms with Gasteiger partial charge in [0, 0.05) is 6.54 Å². The van der Waals surface area contributed by atoms with Gasteiger partial charge in [0.25, 0.3) is 0 Å². The lowest BCUT2D eigenvalue weighted by Gasteiger charge is -2.33. The minimum atomic E-state index is -0.149. The first-order chi connectivity index (χ1) is 9.11. The Balaban J connectivity index is 2.08. The highest BCUT2D eigenvalue weighted by Gasteiger charge is 2.25. The molecule has 19 heavy (non-hydrogen) atoms. The van der Waals surface area contributed by atoms with Gasteiger partial charge in [-0.15, -0.1) is 0 Å². The van der Waals surface area contributed by atoms with Gasteiger partial charge in [0.15, 0.2) is 0 Å². The molecule has 0 spiro atoms. The van der Waals surface area contributed by atoms with Crippen LogP contribution in [-0.4, -0.2) is 44.1 Å². The molecule has 1 saturated heterocycles. The number of halogens is 2. The number of benzene rings is 1. The molecule has 0 saturated carbocycles. The summed E-state index contributed by atoms with van der Waals surface area (Å²) in [7, 11) is 1.76. The molecule has 1 fully saturated rings. The second-order valence-corrected chi connectivity index (χ2v) is 5.22. The van der Waals surface area contributed by atoms with E-state index in [1.165, 1.54) is 0 Å². The Kier molecular flexibility index (Phi) is 5.05. The van der Waals surface area contributed by atoms with Gasteiger partial charge in [0.2, 0.25) is 5.91 Å². The molecule has 1 aliphatic heterocycles. The number of ether oxygens (including phenoxy) is 1. The minimum Gasteiger partial charge on any atom is -0.370 e. The van der Waals surface area contributed by atoms with Crippen molar-refractivity contribution >= 4 is 29.1 Å². The predicted molar refractivity (Wildman–Crippen MR) is 75.7 cm³/mol. The van der Waals surface area contributed by atoms with E-state index < -0.39 is 0 Å². The highest BCUT2D eigenvalue weighted by atomic mass is 35.5. The Labute approximate surface area is 122 Å². The Morgan fingerprint density at radius 3 is 2.95 bits per heavy atom. The smallest absolute Gasteiger partial charge is 0.236 e. The SMILES string of the molecule is CNCC(=O)N1CCOC(c2ccc(Cl)c(Cl)c2)C1. The summed E-state index contributed by atoms with van der Waals surface area (Å²) in [6.45, 7) is 2.03. The lowest BCUT2D eigenvalue weighted by molar-refractivity contribution is -0.137. The van der Waals surface area contributed by atoms with Crippen molar-refractivity contribution in [1.29, 1.82) is 0 Å². The summed E-state index contributed by atoms with van der Waals surface area (Å²) in [6, 6.07) is 5.42. The van der Waals surface area contributed by atoms with Gasteiger partial charge in [-0.25, -0.2) is 0 Å². The molecule has 1 aromatic rings. The molecule has 2 rings (SSSR count). The summed E-state index contributed by atoms with van der Waals surface area (Å²) >= 11 is 11.9. The second kappa shape index (κ2) is 6.57. The number of likely N-dealkylation sites (N-methyl/N-ethyl adjacent to an activating group) is 1. The van der Waals surface area contributed by atoms with E-state index in [4.69, 9.17) is 27.9 Å². The molecule has 1 heterocycles. The third-order valence-electron chi connectivity index (χ3n) is 3.06. The van der Waals surface area contributed by atoms with E-state index in [1.54, 1.807) is 24.1 Å². The molecule has 6 heteroatoms. The van der Waals surface area contributed by atoms with Crippen LogP contribution in [0.25, 0.3) is 0 Å². The van der Waals surface area contributed by atoms with Crippen molar-refractivity contribution in [2.75, 3.05) is 33.3 Å². The molecule has 0 bridgehead atoms. The van der Waals surface area contributed by atoms with E-state index in [2.05, 4.69) is 5.32 Å². The number of hydrogen-bond acceptors (Lipinski definition) is 3. The summed E-state index contributed by atoms with van der Waals surface area (Å²) in [5.41, 5.74) is 0.941. The first-order valence-corrected chi connectivity index (χ1v) is 6.86. The van der Waals surface area contributed by atoms with E-state index in [1.807, 2.05) is 6.07 Å². The number of carbonyl (C=O) groups excluding carboxylic acids is 1. The van der Waals surface area contributed by atoms with Crippen molar-refractivity contribution in [2.24, 2.45) is 0 Å². The summed E-state index contributed by atoms with van der Waals surface area (Å²) in [5, 5.41) is 3.88. The molecule has 1 atom stereocenters. The maximum Gasteiger partial charge on any atom is 0.236 e. The van der Waals surface area contributed by atoms with Crippen LogP contribution in [0.2, 0.25) is 10.0 Å². The highest BCUT2D eigenvalue weighted by molar-refractivity contribution is 6.42. The van der Waals surface area contributed by atoms with Crippen molar-refractivity contribution < 1.29 is 9.53 Å². The van der Waals surface area contributed by atoms with E-state index in [-0.39, 0.29) is 12.0 Å². The Morgan fingerprint density at radius 2 is 2.26 bits per heavy atom. The average Bonchev–Trinajstić information content (AvgIpc) is 2.42. The van der Waals surface area contributed by atoms with Crippen LogP contribution in [0.3, 0.4) is 0 Å². The van der Waals surface area contributed by atoms with Gasteiger partial charge in [-0.05, 0) is 24.7 Å². The van der Waals surface area contributed by atoms with Gasteiger partial charge in [0.1, 0.15) is 6.10 Å². The molecule has 104 valence electrons. The number of hydrogen-bond donors (Lipinski definition) is 1. The van der Waals surface area contributed by atoms with Crippen molar-refractivity contribution in [3.05, 3.63) is 33.8 Å². The monoisotopic (exact) mass is 302 g/mol. The lowest BCUT2D eigenvalue weighted by Crippen LogP contribution is -2.45. The zero-order valence-electron chi connectivity index (χ0n) is 10.7. The maximum absolute atomic E-state index is 11.9. The molecule has 4 nitrogen and oxygen atoms in total. The van der Waals surface area contributed by atoms with Crippen LogP contribution in [-0.2, 0) is 9.53 Å². The fourth-order valence-corrected chi connectivity index (χ4v) is 2.36. The second-order valence-electron chi connectivity index (χ2n) is 4.40. The van der Waals surface area contributed by atoms with Crippen LogP contribution in [0.4, 0.5) is 0 Å². The van der Waals surface area contributed by atoms with Crippen molar-refractivity contribution in [1.82, 2.24) is 10.2 Å². The van der Waals surface area contributed by atoms with Crippen LogP contribution in [0.5, 0.6) is 0 Å². The van der Waals surface area contributed by atoms with Crippen LogP contribution in [0.15, 0.2) is 18.2 Å². The normalized spacial score (nSPS) is 19.5. The van der Waals surface area contributed by atoms with E-state index in [0.717, 1.165) is 5.56 Å². The fourth-order valence-electron chi connectivity index (χ4n) is 2.05. The maximum atomic E-state index is 11.9. The summed E-state index contributed by atoms with van der Waals surface area (Å²) in [4.78, 5) is 13.7. The zero-order chi connectivity index (χ0) is 13.8. The van der Waals surface area contributed by atoms with Crippen LogP contribution >= 0.6 is 23.2 Å². The van der Waals surface area contributed by atoms with Gasteiger partial charge < -0.3 is 15.0 Å². The van der Waals surface area contributed by atoms with E-state index in [9.17, 15) is 4.79 Å². The first kappa shape index (κ1) is 14.6. The third-order valence-corrected chi connectivity index (χ3v) is 3.80. The molecular formula is C13H16Cl2N2O2. The molecule has 1 amide bonds. The number of nitrogens with zero attached hydrogens (tertiary/aromatic N) is 1. The summed E-state index contributed by atoms with van der Waals surface area (Å²) < 4.78 is 5.70. The van der Waals surface area contributed by atoms with Gasteiger partial charge >= 0.3 is 0 Å². The predicted octanol–water partition coefficient (Wildman–Crippen LogP) is 2.11. The topological polar surface area (TPSA) is 41.6 Å². The standard InChI is InChI=1S/C13H16Cl2N2O2/c1-16-7-13(18)17-4-5-19-12(8-17)9-2-3-10(14)11(15)6-9/h2-3,6,12,16H,4-5,7-8H2,1H3. The molecule has 0 aromatic heterocycles. The largest absolute Gasteiger partial charge is 0.370 e. The van der Waals surface area contributed by atoms with Crippen molar-refractivity contribution in [3.63, 3.8) is 0 Å². The van der Waals surface area contributed by atoms with Gasteiger partial charge in [-0.3, -0.25) is 4.79 Å². The molecular weight excluding hydrogens is 287 g/mol. The zero-order valence-corrected chi connectivity index (χ0v) is 12.2. The van der Waals surface area contributed by atoms with Crippen LogP contribution < -0.4 is 5.32 Å². The number of morpholine rings is 1. The van der Waals surface area contributed by atoms with Crippen LogP contribution in [0.1, 0.15) is 11.7 Å². The van der Waals surface area contributed by atoms with E-state index in [0.29, 0.717) is 36.3 Å². The summed E-state index contributed by atoms with van der Waals surface area (Å²) in [5.74, 6) is 0.0795. The quantitative estimate of drug-likeness (QED) is 0.930. The molecule has 1 unspecified atom stereocenters. The third kappa shape index (κ3) is 3.60. The van der Waals surface area contributed by atoms with Crippen molar-refractivity contribution in [3.8, 4) is 0 Å². The number of carbonyl (C=O) groups is 1. The van der Waals surface area contributed by atoms with Crippen molar-refractivity contribution in [2.45, 2.75) is 6.10 Å². The van der Waals surface area contributed by atoms with Gasteiger partial charge in [-0.2, -0.15) is 0 Å². The van der Waals surface area contributed by atoms with Gasteiger partial charge in [-0.1, -0.05) is 29.3 Å². The molecule has 0 aliphatic carbocycles. The number of rotatable bonds is 3. The molecule has 1 N–H and O–H groups in total.